The van der Waals surface area contributed by atoms with E-state index in [1.165, 1.54) is 12.1 Å². The van der Waals surface area contributed by atoms with E-state index < -0.39 is 4.92 Å². The molecule has 1 unspecified atom stereocenters. The van der Waals surface area contributed by atoms with E-state index in [1.54, 1.807) is 17.9 Å². The maximum absolute atomic E-state index is 12.4. The zero-order valence-corrected chi connectivity index (χ0v) is 11.4. The average Bonchev–Trinajstić information content (AvgIpc) is 2.87. The highest BCUT2D eigenvalue weighted by Gasteiger charge is 2.27. The van der Waals surface area contributed by atoms with Crippen molar-refractivity contribution in [2.75, 3.05) is 19.0 Å². The van der Waals surface area contributed by atoms with Crippen LogP contribution in [0.1, 0.15) is 22.3 Å². The number of rotatable bonds is 3. The van der Waals surface area contributed by atoms with Gasteiger partial charge in [-0.15, -0.1) is 11.6 Å². The van der Waals surface area contributed by atoms with Crippen molar-refractivity contribution in [1.29, 1.82) is 0 Å². The Morgan fingerprint density at radius 3 is 2.89 bits per heavy atom. The molecule has 6 heteroatoms. The number of nitro groups is 1. The molecule has 1 amide bonds. The fraction of sp³-hybridized carbons (Fsp3) is 0.462. The van der Waals surface area contributed by atoms with E-state index in [0.717, 1.165) is 12.0 Å². The third-order valence-electron chi connectivity index (χ3n) is 3.45. The minimum Gasteiger partial charge on any atom is -0.338 e. The molecule has 1 aliphatic rings. The van der Waals surface area contributed by atoms with E-state index in [9.17, 15) is 14.9 Å². The van der Waals surface area contributed by atoms with Crippen LogP contribution in [0.5, 0.6) is 0 Å². The molecular weight excluding hydrogens is 268 g/mol. The average molecular weight is 283 g/mol. The van der Waals surface area contributed by atoms with Crippen LogP contribution in [0, 0.1) is 23.0 Å². The molecule has 0 aliphatic carbocycles. The standard InChI is InChI=1S/C13H15ClN2O3/c1-9-2-3-11(16(18)19)6-12(9)13(17)15-5-4-10(7-14)8-15/h2-3,6,10H,4-5,7-8H2,1H3. The lowest BCUT2D eigenvalue weighted by molar-refractivity contribution is -0.384. The van der Waals surface area contributed by atoms with Gasteiger partial charge in [0.15, 0.2) is 0 Å². The van der Waals surface area contributed by atoms with Gasteiger partial charge in [0.2, 0.25) is 0 Å². The Balaban J connectivity index is 2.24. The number of likely N-dealkylation sites (tertiary alicyclic amines) is 1. The summed E-state index contributed by atoms with van der Waals surface area (Å²) >= 11 is 5.79. The van der Waals surface area contributed by atoms with Crippen LogP contribution in [0.3, 0.4) is 0 Å². The quantitative estimate of drug-likeness (QED) is 0.486. The van der Waals surface area contributed by atoms with Crippen LogP contribution in [-0.4, -0.2) is 34.7 Å². The van der Waals surface area contributed by atoms with Crippen molar-refractivity contribution in [2.24, 2.45) is 5.92 Å². The number of nitro benzene ring substituents is 1. The smallest absolute Gasteiger partial charge is 0.270 e. The van der Waals surface area contributed by atoms with Crippen molar-refractivity contribution in [3.63, 3.8) is 0 Å². The molecule has 19 heavy (non-hydrogen) atoms. The van der Waals surface area contributed by atoms with Crippen LogP contribution >= 0.6 is 11.6 Å². The normalized spacial score (nSPS) is 18.6. The van der Waals surface area contributed by atoms with Gasteiger partial charge in [-0.1, -0.05) is 6.07 Å². The van der Waals surface area contributed by atoms with Gasteiger partial charge in [0.05, 0.1) is 4.92 Å². The Morgan fingerprint density at radius 1 is 1.58 bits per heavy atom. The van der Waals surface area contributed by atoms with E-state index in [4.69, 9.17) is 11.6 Å². The van der Waals surface area contributed by atoms with Crippen LogP contribution in [0.15, 0.2) is 18.2 Å². The predicted octanol–water partition coefficient (Wildman–Crippen LogP) is 2.60. The molecule has 1 aliphatic heterocycles. The summed E-state index contributed by atoms with van der Waals surface area (Å²) in [5.41, 5.74) is 1.11. The molecule has 5 nitrogen and oxygen atoms in total. The van der Waals surface area contributed by atoms with E-state index in [2.05, 4.69) is 0 Å². The summed E-state index contributed by atoms with van der Waals surface area (Å²) in [5.74, 6) is 0.718. The van der Waals surface area contributed by atoms with Gasteiger partial charge >= 0.3 is 0 Å². The van der Waals surface area contributed by atoms with Gasteiger partial charge in [-0.05, 0) is 24.8 Å². The fourth-order valence-corrected chi connectivity index (χ4v) is 2.52. The molecule has 1 saturated heterocycles. The minimum atomic E-state index is -0.484. The van der Waals surface area contributed by atoms with E-state index in [0.29, 0.717) is 30.5 Å². The summed E-state index contributed by atoms with van der Waals surface area (Å²) in [5, 5.41) is 10.8. The van der Waals surface area contributed by atoms with Crippen molar-refractivity contribution in [3.8, 4) is 0 Å². The third-order valence-corrected chi connectivity index (χ3v) is 3.89. The number of nitrogens with zero attached hydrogens (tertiary/aromatic N) is 2. The number of amides is 1. The van der Waals surface area contributed by atoms with Crippen LogP contribution < -0.4 is 0 Å². The molecule has 0 saturated carbocycles. The van der Waals surface area contributed by atoms with Crippen molar-refractivity contribution in [1.82, 2.24) is 4.90 Å². The molecule has 1 atom stereocenters. The molecule has 0 radical (unpaired) electrons. The minimum absolute atomic E-state index is 0.0537. The highest BCUT2D eigenvalue weighted by atomic mass is 35.5. The topological polar surface area (TPSA) is 63.5 Å². The highest BCUT2D eigenvalue weighted by Crippen LogP contribution is 2.23. The zero-order chi connectivity index (χ0) is 14.0. The first-order valence-electron chi connectivity index (χ1n) is 6.13. The predicted molar refractivity (Wildman–Crippen MR) is 72.6 cm³/mol. The summed E-state index contributed by atoms with van der Waals surface area (Å²) in [6, 6.07) is 4.38. The van der Waals surface area contributed by atoms with Gasteiger partial charge in [-0.25, -0.2) is 0 Å². The van der Waals surface area contributed by atoms with Crippen LogP contribution in [0.25, 0.3) is 0 Å². The first kappa shape index (κ1) is 13.8. The third kappa shape index (κ3) is 2.87. The van der Waals surface area contributed by atoms with Gasteiger partial charge in [0.1, 0.15) is 0 Å². The first-order valence-corrected chi connectivity index (χ1v) is 6.66. The summed E-state index contributed by atoms with van der Waals surface area (Å²) < 4.78 is 0. The lowest BCUT2D eigenvalue weighted by Crippen LogP contribution is -2.29. The van der Waals surface area contributed by atoms with Gasteiger partial charge in [0.25, 0.3) is 11.6 Å². The van der Waals surface area contributed by atoms with Crippen molar-refractivity contribution in [3.05, 3.63) is 39.4 Å². The molecule has 0 spiro atoms. The van der Waals surface area contributed by atoms with Crippen LogP contribution in [0.4, 0.5) is 5.69 Å². The Morgan fingerprint density at radius 2 is 2.32 bits per heavy atom. The second-order valence-corrected chi connectivity index (χ2v) is 5.13. The number of benzene rings is 1. The summed E-state index contributed by atoms with van der Waals surface area (Å²) in [6.07, 6.45) is 0.892. The number of hydrogen-bond donors (Lipinski definition) is 0. The molecule has 102 valence electrons. The van der Waals surface area contributed by atoms with Gasteiger partial charge < -0.3 is 4.90 Å². The maximum Gasteiger partial charge on any atom is 0.270 e. The lowest BCUT2D eigenvalue weighted by Gasteiger charge is -2.17. The number of non-ortho nitro benzene ring substituents is 1. The zero-order valence-electron chi connectivity index (χ0n) is 10.6. The molecule has 2 rings (SSSR count). The number of aryl methyl sites for hydroxylation is 1. The van der Waals surface area contributed by atoms with Gasteiger partial charge in [-0.2, -0.15) is 0 Å². The lowest BCUT2D eigenvalue weighted by atomic mass is 10.1. The maximum atomic E-state index is 12.4. The second-order valence-electron chi connectivity index (χ2n) is 4.82. The molecule has 0 aromatic heterocycles. The Labute approximate surface area is 116 Å². The Kier molecular flexibility index (Phi) is 4.04. The number of carbonyl (C=O) groups is 1. The van der Waals surface area contributed by atoms with E-state index in [-0.39, 0.29) is 11.6 Å². The number of carbonyl (C=O) groups excluding carboxylic acids is 1. The Bertz CT molecular complexity index is 519. The van der Waals surface area contributed by atoms with E-state index in [1.807, 2.05) is 0 Å². The van der Waals surface area contributed by atoms with Crippen LogP contribution in [-0.2, 0) is 0 Å². The summed E-state index contributed by atoms with van der Waals surface area (Å²) in [4.78, 5) is 24.4. The van der Waals surface area contributed by atoms with Crippen molar-refractivity contribution >= 4 is 23.2 Å². The van der Waals surface area contributed by atoms with Gasteiger partial charge in [-0.3, -0.25) is 14.9 Å². The molecule has 1 aromatic carbocycles. The number of halogens is 1. The largest absolute Gasteiger partial charge is 0.338 e. The molecule has 0 bridgehead atoms. The number of hydrogen-bond acceptors (Lipinski definition) is 3. The molecule has 1 fully saturated rings. The number of alkyl halides is 1. The van der Waals surface area contributed by atoms with Gasteiger partial charge in [0, 0.05) is 36.7 Å². The molecular formula is C13H15ClN2O3. The molecule has 1 heterocycles. The van der Waals surface area contributed by atoms with E-state index >= 15 is 0 Å². The van der Waals surface area contributed by atoms with Crippen molar-refractivity contribution < 1.29 is 9.72 Å². The molecule has 1 aromatic rings. The monoisotopic (exact) mass is 282 g/mol. The second kappa shape index (κ2) is 5.57. The SMILES string of the molecule is Cc1ccc([N+](=O)[O-])cc1C(=O)N1CCC(CCl)C1. The highest BCUT2D eigenvalue weighted by molar-refractivity contribution is 6.18. The van der Waals surface area contributed by atoms with Crippen LogP contribution in [0.2, 0.25) is 0 Å². The summed E-state index contributed by atoms with van der Waals surface area (Å²) in [7, 11) is 0. The fourth-order valence-electron chi connectivity index (χ4n) is 2.27. The summed E-state index contributed by atoms with van der Waals surface area (Å²) in [6.45, 7) is 3.08. The first-order chi connectivity index (χ1) is 9.02. The molecule has 0 N–H and O–H groups in total. The Hall–Kier alpha value is -1.62. The van der Waals surface area contributed by atoms with Crippen molar-refractivity contribution in [2.45, 2.75) is 13.3 Å².